The number of aliphatic hydroxyl groups excluding tert-OH is 1. The van der Waals surface area contributed by atoms with Gasteiger partial charge in [0.05, 0.1) is 0 Å². The van der Waals surface area contributed by atoms with Crippen LogP contribution in [0, 0.1) is 0 Å². The van der Waals surface area contributed by atoms with Crippen molar-refractivity contribution in [2.24, 2.45) is 5.73 Å². The van der Waals surface area contributed by atoms with Crippen molar-refractivity contribution < 1.29 is 18.3 Å². The minimum atomic E-state index is -4.62. The minimum absolute atomic E-state index is 0.123. The molecule has 1 atom stereocenters. The van der Waals surface area contributed by atoms with Gasteiger partial charge in [-0.2, -0.15) is 13.2 Å². The van der Waals surface area contributed by atoms with Crippen LogP contribution in [0.1, 0.15) is 23.7 Å². The van der Waals surface area contributed by atoms with E-state index in [1.165, 1.54) is 18.2 Å². The van der Waals surface area contributed by atoms with Crippen LogP contribution in [0.25, 0.3) is 0 Å². The molecule has 0 heterocycles. The summed E-state index contributed by atoms with van der Waals surface area (Å²) in [5.74, 6) is 0. The summed E-state index contributed by atoms with van der Waals surface area (Å²) in [6.45, 7) is 0.492. The number of nitrogens with two attached hydrogens (primary N) is 1. The molecule has 16 heavy (non-hydrogen) atoms. The predicted molar refractivity (Wildman–Crippen MR) is 54.8 cm³/mol. The van der Waals surface area contributed by atoms with Gasteiger partial charge < -0.3 is 10.8 Å². The SMILES string of the molecule is NCCCc1cccc(C(O)C(F)(F)F)c1. The molecule has 0 spiro atoms. The molecule has 0 aromatic heterocycles. The Hall–Kier alpha value is -1.07. The molecule has 1 aromatic rings. The Morgan fingerprint density at radius 3 is 2.56 bits per heavy atom. The summed E-state index contributed by atoms with van der Waals surface area (Å²) in [5, 5.41) is 9.06. The minimum Gasteiger partial charge on any atom is -0.379 e. The lowest BCUT2D eigenvalue weighted by molar-refractivity contribution is -0.206. The van der Waals surface area contributed by atoms with Crippen molar-refractivity contribution in [3.8, 4) is 0 Å². The van der Waals surface area contributed by atoms with Crippen LogP contribution >= 0.6 is 0 Å². The molecule has 3 N–H and O–H groups in total. The normalized spacial score (nSPS) is 13.8. The largest absolute Gasteiger partial charge is 0.418 e. The van der Waals surface area contributed by atoms with E-state index in [-0.39, 0.29) is 5.56 Å². The van der Waals surface area contributed by atoms with E-state index in [1.54, 1.807) is 6.07 Å². The monoisotopic (exact) mass is 233 g/mol. The van der Waals surface area contributed by atoms with Gasteiger partial charge in [-0.3, -0.25) is 0 Å². The summed E-state index contributed by atoms with van der Waals surface area (Å²) < 4.78 is 36.7. The lowest BCUT2D eigenvalue weighted by Gasteiger charge is -2.15. The Labute approximate surface area is 91.9 Å². The molecule has 1 unspecified atom stereocenters. The molecule has 0 aliphatic heterocycles. The number of halogens is 3. The van der Waals surface area contributed by atoms with Crippen molar-refractivity contribution in [1.29, 1.82) is 0 Å². The van der Waals surface area contributed by atoms with Crippen molar-refractivity contribution >= 4 is 0 Å². The molecule has 2 nitrogen and oxygen atoms in total. The Balaban J connectivity index is 2.81. The number of benzene rings is 1. The van der Waals surface area contributed by atoms with E-state index >= 15 is 0 Å². The molecule has 90 valence electrons. The Morgan fingerprint density at radius 1 is 1.31 bits per heavy atom. The number of alkyl halides is 3. The third-order valence-electron chi connectivity index (χ3n) is 2.25. The van der Waals surface area contributed by atoms with Crippen molar-refractivity contribution in [1.82, 2.24) is 0 Å². The molecule has 0 aliphatic rings. The van der Waals surface area contributed by atoms with E-state index in [1.807, 2.05) is 0 Å². The topological polar surface area (TPSA) is 46.2 Å². The second-order valence-electron chi connectivity index (χ2n) is 3.58. The van der Waals surface area contributed by atoms with E-state index in [2.05, 4.69) is 0 Å². The zero-order valence-corrected chi connectivity index (χ0v) is 8.67. The van der Waals surface area contributed by atoms with Crippen molar-refractivity contribution in [3.05, 3.63) is 35.4 Å². The molecule has 0 amide bonds. The third-order valence-corrected chi connectivity index (χ3v) is 2.25. The molecule has 0 fully saturated rings. The van der Waals surface area contributed by atoms with Gasteiger partial charge in [0, 0.05) is 0 Å². The fourth-order valence-electron chi connectivity index (χ4n) is 1.41. The highest BCUT2D eigenvalue weighted by atomic mass is 19.4. The maximum atomic E-state index is 12.2. The van der Waals surface area contributed by atoms with E-state index in [0.29, 0.717) is 19.4 Å². The second kappa shape index (κ2) is 5.32. The maximum Gasteiger partial charge on any atom is 0.418 e. The van der Waals surface area contributed by atoms with Gasteiger partial charge in [0.25, 0.3) is 0 Å². The number of hydrogen-bond donors (Lipinski definition) is 2. The van der Waals surface area contributed by atoms with Crippen LogP contribution < -0.4 is 5.73 Å². The Morgan fingerprint density at radius 2 is 2.00 bits per heavy atom. The predicted octanol–water partition coefficient (Wildman–Crippen LogP) is 2.17. The van der Waals surface area contributed by atoms with Crippen LogP contribution in [0.4, 0.5) is 13.2 Å². The van der Waals surface area contributed by atoms with Crippen LogP contribution in [0.15, 0.2) is 24.3 Å². The van der Waals surface area contributed by atoms with Crippen molar-refractivity contribution in [3.63, 3.8) is 0 Å². The molecule has 1 aromatic carbocycles. The quantitative estimate of drug-likeness (QED) is 0.837. The molecular weight excluding hydrogens is 219 g/mol. The number of rotatable bonds is 4. The molecule has 5 heteroatoms. The first kappa shape index (κ1) is 13.0. The van der Waals surface area contributed by atoms with E-state index in [9.17, 15) is 13.2 Å². The lowest BCUT2D eigenvalue weighted by atomic mass is 10.0. The second-order valence-corrected chi connectivity index (χ2v) is 3.58. The summed E-state index contributed by atoms with van der Waals surface area (Å²) in [6.07, 6.45) is -5.70. The van der Waals surface area contributed by atoms with Gasteiger partial charge in [0.2, 0.25) is 0 Å². The highest BCUT2D eigenvalue weighted by Crippen LogP contribution is 2.32. The van der Waals surface area contributed by atoms with Crippen LogP contribution in [-0.4, -0.2) is 17.8 Å². The molecule has 0 saturated heterocycles. The summed E-state index contributed by atoms with van der Waals surface area (Å²) in [6, 6.07) is 5.87. The summed E-state index contributed by atoms with van der Waals surface area (Å²) in [7, 11) is 0. The Kier molecular flexibility index (Phi) is 4.32. The first-order chi connectivity index (χ1) is 7.45. The van der Waals surface area contributed by atoms with Gasteiger partial charge in [-0.05, 0) is 30.5 Å². The van der Waals surface area contributed by atoms with Crippen LogP contribution in [0.2, 0.25) is 0 Å². The van der Waals surface area contributed by atoms with Gasteiger partial charge in [0.1, 0.15) is 0 Å². The first-order valence-electron chi connectivity index (χ1n) is 4.99. The fourth-order valence-corrected chi connectivity index (χ4v) is 1.41. The van der Waals surface area contributed by atoms with E-state index in [4.69, 9.17) is 10.8 Å². The molecule has 0 bridgehead atoms. The highest BCUT2D eigenvalue weighted by molar-refractivity contribution is 5.26. The third kappa shape index (κ3) is 3.50. The Bertz CT molecular complexity index is 338. The zero-order valence-electron chi connectivity index (χ0n) is 8.67. The number of aryl methyl sites for hydroxylation is 1. The van der Waals surface area contributed by atoms with E-state index in [0.717, 1.165) is 5.56 Å². The molecule has 0 aliphatic carbocycles. The van der Waals surface area contributed by atoms with Gasteiger partial charge in [-0.25, -0.2) is 0 Å². The van der Waals surface area contributed by atoms with Gasteiger partial charge in [-0.15, -0.1) is 0 Å². The first-order valence-corrected chi connectivity index (χ1v) is 4.99. The average Bonchev–Trinajstić information content (AvgIpc) is 2.24. The van der Waals surface area contributed by atoms with Gasteiger partial charge in [0.15, 0.2) is 6.10 Å². The number of hydrogen-bond acceptors (Lipinski definition) is 2. The lowest BCUT2D eigenvalue weighted by Crippen LogP contribution is -2.20. The number of aliphatic hydroxyl groups is 1. The molecule has 0 radical (unpaired) electrons. The highest BCUT2D eigenvalue weighted by Gasteiger charge is 2.39. The summed E-state index contributed by atoms with van der Waals surface area (Å²) in [5.41, 5.74) is 5.95. The molecule has 1 rings (SSSR count). The van der Waals surface area contributed by atoms with Gasteiger partial charge >= 0.3 is 6.18 Å². The van der Waals surface area contributed by atoms with Gasteiger partial charge in [-0.1, -0.05) is 24.3 Å². The van der Waals surface area contributed by atoms with Crippen LogP contribution in [0.3, 0.4) is 0 Å². The molecule has 0 saturated carbocycles. The van der Waals surface area contributed by atoms with Crippen LogP contribution in [0.5, 0.6) is 0 Å². The van der Waals surface area contributed by atoms with Crippen molar-refractivity contribution in [2.45, 2.75) is 25.1 Å². The van der Waals surface area contributed by atoms with E-state index < -0.39 is 12.3 Å². The van der Waals surface area contributed by atoms with Crippen molar-refractivity contribution in [2.75, 3.05) is 6.54 Å². The summed E-state index contributed by atoms with van der Waals surface area (Å²) >= 11 is 0. The molecular formula is C11H14F3NO. The average molecular weight is 233 g/mol. The summed E-state index contributed by atoms with van der Waals surface area (Å²) in [4.78, 5) is 0. The smallest absolute Gasteiger partial charge is 0.379 e. The van der Waals surface area contributed by atoms with Crippen LogP contribution in [-0.2, 0) is 6.42 Å². The fraction of sp³-hybridized carbons (Fsp3) is 0.455. The standard InChI is InChI=1S/C11H14F3NO/c12-11(13,14)10(16)9-5-1-3-8(7-9)4-2-6-15/h1,3,5,7,10,16H,2,4,6,15H2. The maximum absolute atomic E-state index is 12.2. The zero-order chi connectivity index (χ0) is 12.2.